The van der Waals surface area contributed by atoms with Gasteiger partial charge in [-0.15, -0.1) is 0 Å². The number of rotatable bonds is 5. The van der Waals surface area contributed by atoms with Crippen LogP contribution in [0.2, 0.25) is 0 Å². The first-order chi connectivity index (χ1) is 14.9. The van der Waals surface area contributed by atoms with E-state index in [0.717, 1.165) is 47.9 Å². The summed E-state index contributed by atoms with van der Waals surface area (Å²) < 4.78 is 5.79. The van der Waals surface area contributed by atoms with Gasteiger partial charge in [0, 0.05) is 54.8 Å². The number of furan rings is 1. The van der Waals surface area contributed by atoms with Crippen molar-refractivity contribution in [3.05, 3.63) is 87.1 Å². The van der Waals surface area contributed by atoms with E-state index in [0.29, 0.717) is 11.5 Å². The maximum atomic E-state index is 11.8. The van der Waals surface area contributed by atoms with Crippen LogP contribution < -0.4 is 5.56 Å². The molecule has 0 spiro atoms. The quantitative estimate of drug-likeness (QED) is 0.622. The average molecular weight is 417 g/mol. The van der Waals surface area contributed by atoms with Crippen LogP contribution in [0.4, 0.5) is 0 Å². The van der Waals surface area contributed by atoms with Crippen molar-refractivity contribution in [1.29, 1.82) is 0 Å². The summed E-state index contributed by atoms with van der Waals surface area (Å²) in [5.41, 5.74) is 5.08. The van der Waals surface area contributed by atoms with Gasteiger partial charge in [0.25, 0.3) is 5.56 Å². The molecule has 0 radical (unpaired) electrons. The number of aromatic amines is 1. The Morgan fingerprint density at radius 1 is 1.29 bits per heavy atom. The van der Waals surface area contributed by atoms with Crippen LogP contribution in [0.3, 0.4) is 0 Å². The van der Waals surface area contributed by atoms with Gasteiger partial charge in [0.15, 0.2) is 0 Å². The number of H-pyrrole nitrogens is 1. The summed E-state index contributed by atoms with van der Waals surface area (Å²) in [6.07, 6.45) is 9.03. The number of allylic oxidation sites excluding steroid dienone is 1. The fourth-order valence-corrected chi connectivity index (χ4v) is 4.13. The molecule has 0 bridgehead atoms. The molecule has 0 aromatic carbocycles. The van der Waals surface area contributed by atoms with Crippen molar-refractivity contribution >= 4 is 6.08 Å². The van der Waals surface area contributed by atoms with Gasteiger partial charge in [-0.3, -0.25) is 14.7 Å². The van der Waals surface area contributed by atoms with E-state index in [4.69, 9.17) is 9.40 Å². The lowest BCUT2D eigenvalue weighted by molar-refractivity contribution is 0.230. The first-order valence-electron chi connectivity index (χ1n) is 10.6. The number of pyridine rings is 1. The molecule has 1 aliphatic rings. The van der Waals surface area contributed by atoms with Crippen molar-refractivity contribution in [1.82, 2.24) is 19.9 Å². The SMILES string of the molecule is C/C=C\C(/C(C)=C\c1nc(C)cc(=O)[nH]1)N1CCc2ncc(-c3ccc(C)o3)cc2C1. The van der Waals surface area contributed by atoms with Crippen LogP contribution in [0.25, 0.3) is 17.4 Å². The van der Waals surface area contributed by atoms with Crippen molar-refractivity contribution < 1.29 is 4.42 Å². The maximum Gasteiger partial charge on any atom is 0.251 e. The normalized spacial score (nSPS) is 15.9. The molecule has 3 aromatic rings. The van der Waals surface area contributed by atoms with Crippen LogP contribution in [0.1, 0.15) is 42.4 Å². The molecular weight excluding hydrogens is 388 g/mol. The molecule has 0 saturated carbocycles. The second kappa shape index (κ2) is 8.86. The third-order valence-electron chi connectivity index (χ3n) is 5.58. The lowest BCUT2D eigenvalue weighted by Gasteiger charge is -2.34. The van der Waals surface area contributed by atoms with Crippen molar-refractivity contribution in [3.8, 4) is 11.3 Å². The highest BCUT2D eigenvalue weighted by Crippen LogP contribution is 2.28. The third kappa shape index (κ3) is 4.75. The van der Waals surface area contributed by atoms with Crippen molar-refractivity contribution in [3.63, 3.8) is 0 Å². The largest absolute Gasteiger partial charge is 0.461 e. The van der Waals surface area contributed by atoms with Crippen molar-refractivity contribution in [2.24, 2.45) is 0 Å². The molecule has 4 heterocycles. The Labute approximate surface area is 182 Å². The maximum absolute atomic E-state index is 11.8. The molecule has 0 amide bonds. The zero-order valence-corrected chi connectivity index (χ0v) is 18.5. The highest BCUT2D eigenvalue weighted by molar-refractivity contribution is 5.58. The minimum Gasteiger partial charge on any atom is -0.461 e. The highest BCUT2D eigenvalue weighted by Gasteiger charge is 2.24. The summed E-state index contributed by atoms with van der Waals surface area (Å²) in [5, 5.41) is 0. The van der Waals surface area contributed by atoms with Crippen LogP contribution in [-0.2, 0) is 13.0 Å². The van der Waals surface area contributed by atoms with Crippen molar-refractivity contribution in [2.75, 3.05) is 6.54 Å². The van der Waals surface area contributed by atoms with Gasteiger partial charge in [-0.1, -0.05) is 12.2 Å². The van der Waals surface area contributed by atoms with Crippen LogP contribution >= 0.6 is 0 Å². The van der Waals surface area contributed by atoms with Gasteiger partial charge in [0.2, 0.25) is 0 Å². The second-order valence-electron chi connectivity index (χ2n) is 8.09. The summed E-state index contributed by atoms with van der Waals surface area (Å²) in [4.78, 5) is 26.2. The van der Waals surface area contributed by atoms with E-state index >= 15 is 0 Å². The summed E-state index contributed by atoms with van der Waals surface area (Å²) in [6.45, 7) is 9.61. The predicted molar refractivity (Wildman–Crippen MR) is 123 cm³/mol. The molecular formula is C25H28N4O2. The minimum absolute atomic E-state index is 0.110. The van der Waals surface area contributed by atoms with Gasteiger partial charge in [0.1, 0.15) is 17.3 Å². The van der Waals surface area contributed by atoms with E-state index in [2.05, 4.69) is 40.0 Å². The lowest BCUT2D eigenvalue weighted by Crippen LogP contribution is -2.39. The van der Waals surface area contributed by atoms with E-state index < -0.39 is 0 Å². The van der Waals surface area contributed by atoms with Crippen LogP contribution in [0.15, 0.2) is 57.4 Å². The minimum atomic E-state index is -0.132. The highest BCUT2D eigenvalue weighted by atomic mass is 16.3. The average Bonchev–Trinajstić information content (AvgIpc) is 3.16. The molecule has 1 aliphatic heterocycles. The van der Waals surface area contributed by atoms with Crippen LogP contribution in [-0.4, -0.2) is 32.4 Å². The summed E-state index contributed by atoms with van der Waals surface area (Å²) in [5.74, 6) is 2.33. The fraction of sp³-hybridized carbons (Fsp3) is 0.320. The Morgan fingerprint density at radius 2 is 2.13 bits per heavy atom. The summed E-state index contributed by atoms with van der Waals surface area (Å²) in [7, 11) is 0. The molecule has 6 heteroatoms. The third-order valence-corrected chi connectivity index (χ3v) is 5.58. The Hall–Kier alpha value is -3.25. The Balaban J connectivity index is 1.62. The number of hydrogen-bond donors (Lipinski definition) is 1. The molecule has 1 N–H and O–H groups in total. The standard InChI is InChI=1S/C25H28N4O2/c1-5-6-22(16(2)11-24-27-17(3)12-25(30)28-24)29-10-9-21-20(15-29)13-19(14-26-21)23-8-7-18(4)31-23/h5-8,11-14,22H,9-10,15H2,1-4H3,(H,27,28,30)/b6-5-,16-11-. The van der Waals surface area contributed by atoms with Crippen molar-refractivity contribution in [2.45, 2.75) is 46.7 Å². The van der Waals surface area contributed by atoms with Crippen LogP contribution in [0.5, 0.6) is 0 Å². The molecule has 0 saturated heterocycles. The van der Waals surface area contributed by atoms with E-state index in [1.807, 2.05) is 45.2 Å². The second-order valence-corrected chi connectivity index (χ2v) is 8.09. The van der Waals surface area contributed by atoms with Gasteiger partial charge < -0.3 is 9.40 Å². The van der Waals surface area contributed by atoms with Gasteiger partial charge in [-0.2, -0.15) is 0 Å². The van der Waals surface area contributed by atoms with E-state index in [-0.39, 0.29) is 11.6 Å². The molecule has 1 atom stereocenters. The van der Waals surface area contributed by atoms with Gasteiger partial charge >= 0.3 is 0 Å². The molecule has 31 heavy (non-hydrogen) atoms. The fourth-order valence-electron chi connectivity index (χ4n) is 4.13. The number of nitrogens with one attached hydrogen (secondary N) is 1. The molecule has 4 rings (SSSR count). The zero-order valence-electron chi connectivity index (χ0n) is 18.5. The van der Waals surface area contributed by atoms with Gasteiger partial charge in [-0.25, -0.2) is 4.98 Å². The number of fused-ring (bicyclic) bond motifs is 1. The molecule has 0 aliphatic carbocycles. The Morgan fingerprint density at radius 3 is 2.84 bits per heavy atom. The van der Waals surface area contributed by atoms with E-state index in [9.17, 15) is 4.79 Å². The smallest absolute Gasteiger partial charge is 0.251 e. The first-order valence-corrected chi connectivity index (χ1v) is 10.6. The molecule has 6 nitrogen and oxygen atoms in total. The monoisotopic (exact) mass is 416 g/mol. The summed E-state index contributed by atoms with van der Waals surface area (Å²) in [6, 6.07) is 7.77. The van der Waals surface area contributed by atoms with E-state index in [1.54, 1.807) is 0 Å². The zero-order chi connectivity index (χ0) is 22.0. The molecule has 160 valence electrons. The first kappa shape index (κ1) is 21.0. The number of nitrogens with zero attached hydrogens (tertiary/aromatic N) is 3. The van der Waals surface area contributed by atoms with Crippen LogP contribution in [0, 0.1) is 13.8 Å². The Kier molecular flexibility index (Phi) is 6.00. The van der Waals surface area contributed by atoms with Gasteiger partial charge in [-0.05, 0) is 63.1 Å². The van der Waals surface area contributed by atoms with E-state index in [1.165, 1.54) is 11.6 Å². The topological polar surface area (TPSA) is 75.0 Å². The predicted octanol–water partition coefficient (Wildman–Crippen LogP) is 4.45. The Bertz CT molecular complexity index is 1200. The van der Waals surface area contributed by atoms with Gasteiger partial charge in [0.05, 0.1) is 0 Å². The molecule has 3 aromatic heterocycles. The number of aromatic nitrogens is 3. The summed E-state index contributed by atoms with van der Waals surface area (Å²) >= 11 is 0. The molecule has 0 fully saturated rings. The number of hydrogen-bond acceptors (Lipinski definition) is 5. The molecule has 1 unspecified atom stereocenters. The number of aryl methyl sites for hydroxylation is 2. The lowest BCUT2D eigenvalue weighted by atomic mass is 9.98.